The third-order valence-corrected chi connectivity index (χ3v) is 5.77. The van der Waals surface area contributed by atoms with Crippen LogP contribution in [0, 0.1) is 17.3 Å². The number of hydrogen-bond acceptors (Lipinski definition) is 16. The Hall–Kier alpha value is -4.76. The Morgan fingerprint density at radius 2 is 0.897 bits per heavy atom. The summed E-state index contributed by atoms with van der Waals surface area (Å²) in [5.41, 5.74) is -8.45. The number of methoxy groups -OCH3 is 8. The molecule has 1 rings (SSSR count). The van der Waals surface area contributed by atoms with Crippen LogP contribution in [0.5, 0.6) is 0 Å². The number of hydrogen-bond donors (Lipinski definition) is 0. The summed E-state index contributed by atoms with van der Waals surface area (Å²) in [5.74, 6) is -18.2. The molecule has 0 aromatic carbocycles. The van der Waals surface area contributed by atoms with Crippen LogP contribution in [0.3, 0.4) is 0 Å². The van der Waals surface area contributed by atoms with Crippen LogP contribution in [-0.2, 0) is 76.3 Å². The minimum atomic E-state index is -3.46. The fraction of sp³-hybridized carbons (Fsp3) is 0.478. The molecule has 16 heteroatoms. The van der Waals surface area contributed by atoms with Crippen molar-refractivity contribution in [3.05, 3.63) is 22.3 Å². The van der Waals surface area contributed by atoms with Gasteiger partial charge in [-0.3, -0.25) is 19.2 Å². The molecule has 1 aliphatic rings. The summed E-state index contributed by atoms with van der Waals surface area (Å²) in [5, 5.41) is 0. The van der Waals surface area contributed by atoms with E-state index in [0.29, 0.717) is 0 Å². The van der Waals surface area contributed by atoms with Crippen molar-refractivity contribution in [2.24, 2.45) is 17.3 Å². The SMILES string of the molecule is COC(=O)C1=C(C(=O)OC)[C@H](C(=O)OC)[C@@H](C(=O)OC)C(C(=O)OC)(C(=O)OC)C(C(=O)OC)=C1C(=O)OC. The van der Waals surface area contributed by atoms with E-state index in [1.54, 1.807) is 0 Å². The van der Waals surface area contributed by atoms with Crippen molar-refractivity contribution < 1.29 is 76.3 Å². The van der Waals surface area contributed by atoms with Crippen molar-refractivity contribution >= 4 is 47.8 Å². The highest BCUT2D eigenvalue weighted by Gasteiger charge is 2.70. The van der Waals surface area contributed by atoms with E-state index in [2.05, 4.69) is 9.47 Å². The Morgan fingerprint density at radius 1 is 0.487 bits per heavy atom. The molecule has 16 nitrogen and oxygen atoms in total. The van der Waals surface area contributed by atoms with Gasteiger partial charge in [-0.25, -0.2) is 19.2 Å². The summed E-state index contributed by atoms with van der Waals surface area (Å²) >= 11 is 0. The van der Waals surface area contributed by atoms with Crippen LogP contribution < -0.4 is 0 Å². The highest BCUT2D eigenvalue weighted by molar-refractivity contribution is 6.23. The fourth-order valence-electron chi connectivity index (χ4n) is 4.19. The Morgan fingerprint density at radius 3 is 1.26 bits per heavy atom. The van der Waals surface area contributed by atoms with Crippen LogP contribution in [-0.4, -0.2) is 105 Å². The summed E-state index contributed by atoms with van der Waals surface area (Å²) < 4.78 is 37.7. The van der Waals surface area contributed by atoms with Crippen LogP contribution in [0.4, 0.5) is 0 Å². The average Bonchev–Trinajstić information content (AvgIpc) is 3.09. The first-order valence-corrected chi connectivity index (χ1v) is 10.5. The molecule has 0 N–H and O–H groups in total. The third kappa shape index (κ3) is 5.17. The van der Waals surface area contributed by atoms with Gasteiger partial charge in [-0.05, 0) is 0 Å². The number of ether oxygens (including phenoxy) is 8. The molecule has 214 valence electrons. The number of carbonyl (C=O) groups excluding carboxylic acids is 8. The lowest BCUT2D eigenvalue weighted by atomic mass is 9.63. The molecule has 0 fully saturated rings. The summed E-state index contributed by atoms with van der Waals surface area (Å²) in [6.07, 6.45) is 0. The maximum Gasteiger partial charge on any atom is 0.339 e. The summed E-state index contributed by atoms with van der Waals surface area (Å²) in [7, 11) is 6.13. The first kappa shape index (κ1) is 32.3. The van der Waals surface area contributed by atoms with Gasteiger partial charge in [0.15, 0.2) is 0 Å². The van der Waals surface area contributed by atoms with Crippen molar-refractivity contribution in [2.45, 2.75) is 0 Å². The lowest BCUT2D eigenvalue weighted by Gasteiger charge is -2.37. The van der Waals surface area contributed by atoms with E-state index >= 15 is 0 Å². The summed E-state index contributed by atoms with van der Waals surface area (Å²) in [6, 6.07) is 0. The molecule has 1 aliphatic carbocycles. The van der Waals surface area contributed by atoms with Crippen LogP contribution in [0.1, 0.15) is 0 Å². The fourth-order valence-corrected chi connectivity index (χ4v) is 4.19. The van der Waals surface area contributed by atoms with Gasteiger partial charge in [-0.15, -0.1) is 0 Å². The summed E-state index contributed by atoms with van der Waals surface area (Å²) in [6.45, 7) is 0. The zero-order valence-electron chi connectivity index (χ0n) is 22.2. The van der Waals surface area contributed by atoms with E-state index in [1.165, 1.54) is 0 Å². The van der Waals surface area contributed by atoms with Gasteiger partial charge >= 0.3 is 47.8 Å². The zero-order chi connectivity index (χ0) is 30.2. The second-order valence-corrected chi connectivity index (χ2v) is 7.30. The van der Waals surface area contributed by atoms with Crippen LogP contribution in [0.25, 0.3) is 0 Å². The normalized spacial score (nSPS) is 18.1. The van der Waals surface area contributed by atoms with E-state index in [1.807, 2.05) is 0 Å². The van der Waals surface area contributed by atoms with Gasteiger partial charge in [-0.1, -0.05) is 0 Å². The molecule has 0 radical (unpaired) electrons. The predicted octanol–water partition coefficient (Wildman–Crippen LogP) is -1.80. The van der Waals surface area contributed by atoms with Crippen molar-refractivity contribution in [2.75, 3.05) is 56.9 Å². The maximum absolute atomic E-state index is 13.6. The van der Waals surface area contributed by atoms with Gasteiger partial charge in [0.25, 0.3) is 0 Å². The van der Waals surface area contributed by atoms with Crippen molar-refractivity contribution in [1.82, 2.24) is 0 Å². The topological polar surface area (TPSA) is 210 Å². The van der Waals surface area contributed by atoms with Gasteiger partial charge in [0.2, 0.25) is 5.41 Å². The molecule has 0 aromatic heterocycles. The molecule has 0 saturated carbocycles. The average molecular weight is 558 g/mol. The van der Waals surface area contributed by atoms with Crippen molar-refractivity contribution in [3.63, 3.8) is 0 Å². The summed E-state index contributed by atoms with van der Waals surface area (Å²) in [4.78, 5) is 107. The molecule has 0 bridgehead atoms. The maximum atomic E-state index is 13.6. The molecule has 39 heavy (non-hydrogen) atoms. The zero-order valence-corrected chi connectivity index (χ0v) is 22.2. The number of esters is 8. The van der Waals surface area contributed by atoms with E-state index < -0.39 is 87.3 Å². The number of rotatable bonds is 8. The molecule has 0 saturated heterocycles. The van der Waals surface area contributed by atoms with Crippen molar-refractivity contribution in [3.8, 4) is 0 Å². The number of carbonyl (C=O) groups is 8. The standard InChI is InChI=1S/C23H26O16/c1-32-15(24)9-10(16(25)33-2)12(18(27)35-4)14(20(29)37-6)23(21(30)38-7,22(31)39-8)13(19(28)36-5)11(9)17(26)34-3/h11,13H,1-8H3/t11-,13-/m0/s1. The molecule has 2 atom stereocenters. The molecular weight excluding hydrogens is 532 g/mol. The van der Waals surface area contributed by atoms with Crippen molar-refractivity contribution in [1.29, 1.82) is 0 Å². The third-order valence-electron chi connectivity index (χ3n) is 5.77. The predicted molar refractivity (Wildman–Crippen MR) is 120 cm³/mol. The van der Waals surface area contributed by atoms with Gasteiger partial charge in [0.1, 0.15) is 11.8 Å². The Kier molecular flexibility index (Phi) is 10.9. The van der Waals surface area contributed by atoms with Crippen LogP contribution in [0.2, 0.25) is 0 Å². The largest absolute Gasteiger partial charge is 0.469 e. The van der Waals surface area contributed by atoms with Gasteiger partial charge < -0.3 is 37.9 Å². The Balaban J connectivity index is 5.06. The first-order valence-electron chi connectivity index (χ1n) is 10.5. The minimum Gasteiger partial charge on any atom is -0.469 e. The monoisotopic (exact) mass is 558 g/mol. The van der Waals surface area contributed by atoms with Gasteiger partial charge in [-0.2, -0.15) is 0 Å². The minimum absolute atomic E-state index is 0.724. The Bertz CT molecular complexity index is 1140. The smallest absolute Gasteiger partial charge is 0.339 e. The van der Waals surface area contributed by atoms with E-state index in [4.69, 9.17) is 28.4 Å². The van der Waals surface area contributed by atoms with E-state index in [-0.39, 0.29) is 0 Å². The second kappa shape index (κ2) is 13.2. The van der Waals surface area contributed by atoms with E-state index in [0.717, 1.165) is 56.9 Å². The molecule has 0 aliphatic heterocycles. The van der Waals surface area contributed by atoms with Gasteiger partial charge in [0.05, 0.1) is 79.2 Å². The molecule has 0 unspecified atom stereocenters. The molecule has 0 amide bonds. The van der Waals surface area contributed by atoms with Crippen LogP contribution >= 0.6 is 0 Å². The molecule has 0 heterocycles. The molecule has 0 spiro atoms. The Labute approximate surface area is 221 Å². The second-order valence-electron chi connectivity index (χ2n) is 7.30. The van der Waals surface area contributed by atoms with Gasteiger partial charge in [0, 0.05) is 0 Å². The first-order chi connectivity index (χ1) is 18.4. The molecular formula is C23H26O16. The van der Waals surface area contributed by atoms with E-state index in [9.17, 15) is 38.4 Å². The lowest BCUT2D eigenvalue weighted by molar-refractivity contribution is -0.183. The molecule has 0 aromatic rings. The van der Waals surface area contributed by atoms with Crippen LogP contribution in [0.15, 0.2) is 22.3 Å². The highest BCUT2D eigenvalue weighted by atomic mass is 16.6. The quantitative estimate of drug-likeness (QED) is 0.183. The highest BCUT2D eigenvalue weighted by Crippen LogP contribution is 2.52. The lowest BCUT2D eigenvalue weighted by Crippen LogP contribution is -2.57.